The van der Waals surface area contributed by atoms with Crippen LogP contribution in [0.3, 0.4) is 0 Å². The van der Waals surface area contributed by atoms with E-state index in [0.717, 1.165) is 35.7 Å². The Kier molecular flexibility index (Phi) is 5.60. The van der Waals surface area contributed by atoms with E-state index in [4.69, 9.17) is 14.6 Å². The van der Waals surface area contributed by atoms with Gasteiger partial charge in [-0.05, 0) is 17.2 Å². The summed E-state index contributed by atoms with van der Waals surface area (Å²) in [6.07, 6.45) is 0. The van der Waals surface area contributed by atoms with Crippen LogP contribution in [-0.4, -0.2) is 19.3 Å². The van der Waals surface area contributed by atoms with Crippen molar-refractivity contribution in [3.05, 3.63) is 59.2 Å². The molecule has 0 aromatic heterocycles. The zero-order valence-corrected chi connectivity index (χ0v) is 12.4. The number of aliphatic hydroxyl groups is 1. The molecule has 21 heavy (non-hydrogen) atoms. The van der Waals surface area contributed by atoms with E-state index in [-0.39, 0.29) is 6.61 Å². The van der Waals surface area contributed by atoms with E-state index in [1.54, 1.807) is 14.2 Å². The summed E-state index contributed by atoms with van der Waals surface area (Å²) in [5.41, 5.74) is 3.19. The maximum absolute atomic E-state index is 9.01. The maximum Gasteiger partial charge on any atom is 0.127 e. The van der Waals surface area contributed by atoms with Crippen LogP contribution >= 0.6 is 0 Å². The van der Waals surface area contributed by atoms with Crippen molar-refractivity contribution in [1.29, 1.82) is 0 Å². The van der Waals surface area contributed by atoms with Crippen molar-refractivity contribution in [2.75, 3.05) is 14.2 Å². The number of aliphatic hydroxyl groups excluding tert-OH is 1. The molecule has 4 nitrogen and oxygen atoms in total. The Balaban J connectivity index is 1.93. The van der Waals surface area contributed by atoms with Crippen molar-refractivity contribution in [2.45, 2.75) is 19.7 Å². The van der Waals surface area contributed by atoms with E-state index in [1.807, 2.05) is 42.5 Å². The molecule has 2 aromatic rings. The SMILES string of the molecule is COc1ccc(CNCc2ccc(CO)cc2)c(OC)c1. The van der Waals surface area contributed by atoms with Gasteiger partial charge in [0, 0.05) is 24.7 Å². The van der Waals surface area contributed by atoms with Crippen molar-refractivity contribution < 1.29 is 14.6 Å². The first-order chi connectivity index (χ1) is 10.3. The Hall–Kier alpha value is -2.04. The highest BCUT2D eigenvalue weighted by Gasteiger charge is 2.04. The van der Waals surface area contributed by atoms with Gasteiger partial charge in [-0.1, -0.05) is 30.3 Å². The first-order valence-corrected chi connectivity index (χ1v) is 6.87. The van der Waals surface area contributed by atoms with Gasteiger partial charge < -0.3 is 19.9 Å². The van der Waals surface area contributed by atoms with Crippen LogP contribution in [0.1, 0.15) is 16.7 Å². The lowest BCUT2D eigenvalue weighted by molar-refractivity contribution is 0.282. The summed E-state index contributed by atoms with van der Waals surface area (Å²) >= 11 is 0. The summed E-state index contributed by atoms with van der Waals surface area (Å²) in [6, 6.07) is 13.7. The molecule has 2 rings (SSSR count). The Bertz CT molecular complexity index is 567. The number of nitrogens with one attached hydrogen (secondary N) is 1. The summed E-state index contributed by atoms with van der Waals surface area (Å²) < 4.78 is 10.6. The average Bonchev–Trinajstić information content (AvgIpc) is 2.55. The third kappa shape index (κ3) is 4.21. The number of rotatable bonds is 7. The van der Waals surface area contributed by atoms with E-state index in [0.29, 0.717) is 0 Å². The molecule has 0 spiro atoms. The smallest absolute Gasteiger partial charge is 0.127 e. The molecule has 0 saturated heterocycles. The van der Waals surface area contributed by atoms with E-state index in [1.165, 1.54) is 5.56 Å². The third-order valence-corrected chi connectivity index (χ3v) is 3.34. The molecule has 2 aromatic carbocycles. The zero-order chi connectivity index (χ0) is 15.1. The molecule has 0 radical (unpaired) electrons. The van der Waals surface area contributed by atoms with Crippen molar-refractivity contribution in [3.63, 3.8) is 0 Å². The number of methoxy groups -OCH3 is 2. The van der Waals surface area contributed by atoms with E-state index >= 15 is 0 Å². The minimum Gasteiger partial charge on any atom is -0.497 e. The van der Waals surface area contributed by atoms with Gasteiger partial charge in [-0.2, -0.15) is 0 Å². The lowest BCUT2D eigenvalue weighted by Crippen LogP contribution is -2.13. The lowest BCUT2D eigenvalue weighted by Gasteiger charge is -2.11. The molecule has 2 N–H and O–H groups in total. The van der Waals surface area contributed by atoms with Crippen LogP contribution < -0.4 is 14.8 Å². The van der Waals surface area contributed by atoms with Gasteiger partial charge in [-0.15, -0.1) is 0 Å². The molecule has 0 unspecified atom stereocenters. The monoisotopic (exact) mass is 287 g/mol. The Morgan fingerprint density at radius 3 is 2.24 bits per heavy atom. The minimum atomic E-state index is 0.0801. The molecule has 0 aliphatic heterocycles. The van der Waals surface area contributed by atoms with Gasteiger partial charge in [0.2, 0.25) is 0 Å². The predicted octanol–water partition coefficient (Wildman–Crippen LogP) is 2.49. The molecule has 4 heteroatoms. The van der Waals surface area contributed by atoms with Crippen molar-refractivity contribution >= 4 is 0 Å². The fourth-order valence-corrected chi connectivity index (χ4v) is 2.10. The second-order valence-corrected chi connectivity index (χ2v) is 4.76. The van der Waals surface area contributed by atoms with Crippen molar-refractivity contribution in [3.8, 4) is 11.5 Å². The molecular formula is C17H21NO3. The van der Waals surface area contributed by atoms with E-state index < -0.39 is 0 Å². The molecular weight excluding hydrogens is 266 g/mol. The minimum absolute atomic E-state index is 0.0801. The highest BCUT2D eigenvalue weighted by Crippen LogP contribution is 2.24. The Morgan fingerprint density at radius 1 is 0.905 bits per heavy atom. The second kappa shape index (κ2) is 7.67. The lowest BCUT2D eigenvalue weighted by atomic mass is 10.1. The first kappa shape index (κ1) is 15.4. The maximum atomic E-state index is 9.01. The standard InChI is InChI=1S/C17H21NO3/c1-20-16-8-7-15(17(9-16)21-2)11-18-10-13-3-5-14(12-19)6-4-13/h3-9,18-19H,10-12H2,1-2H3. The van der Waals surface area contributed by atoms with Crippen LogP contribution in [-0.2, 0) is 19.7 Å². The molecule has 112 valence electrons. The molecule has 0 amide bonds. The van der Waals surface area contributed by atoms with Gasteiger partial charge in [0.25, 0.3) is 0 Å². The van der Waals surface area contributed by atoms with Crippen molar-refractivity contribution in [1.82, 2.24) is 5.32 Å². The highest BCUT2D eigenvalue weighted by atomic mass is 16.5. The molecule has 0 atom stereocenters. The summed E-state index contributed by atoms with van der Waals surface area (Å²) in [5.74, 6) is 1.60. The topological polar surface area (TPSA) is 50.7 Å². The van der Waals surface area contributed by atoms with Gasteiger partial charge in [-0.25, -0.2) is 0 Å². The molecule has 0 heterocycles. The van der Waals surface area contributed by atoms with Crippen molar-refractivity contribution in [2.24, 2.45) is 0 Å². The largest absolute Gasteiger partial charge is 0.497 e. The van der Waals surface area contributed by atoms with Gasteiger partial charge in [0.15, 0.2) is 0 Å². The molecule has 0 saturated carbocycles. The summed E-state index contributed by atoms with van der Waals surface area (Å²) in [4.78, 5) is 0. The number of ether oxygens (including phenoxy) is 2. The normalized spacial score (nSPS) is 10.4. The summed E-state index contributed by atoms with van der Waals surface area (Å²) in [6.45, 7) is 1.56. The Morgan fingerprint density at radius 2 is 1.62 bits per heavy atom. The molecule has 0 fully saturated rings. The van der Waals surface area contributed by atoms with Gasteiger partial charge in [0.05, 0.1) is 20.8 Å². The van der Waals surface area contributed by atoms with Gasteiger partial charge in [0.1, 0.15) is 11.5 Å². The Labute approximate surface area is 125 Å². The molecule has 0 aliphatic carbocycles. The van der Waals surface area contributed by atoms with Crippen LogP contribution in [0.2, 0.25) is 0 Å². The van der Waals surface area contributed by atoms with Crippen LogP contribution in [0.4, 0.5) is 0 Å². The van der Waals surface area contributed by atoms with Crippen LogP contribution in [0.25, 0.3) is 0 Å². The summed E-state index contributed by atoms with van der Waals surface area (Å²) in [5, 5.41) is 12.4. The van der Waals surface area contributed by atoms with Gasteiger partial charge >= 0.3 is 0 Å². The van der Waals surface area contributed by atoms with Crippen LogP contribution in [0.15, 0.2) is 42.5 Å². The second-order valence-electron chi connectivity index (χ2n) is 4.76. The number of hydrogen-bond acceptors (Lipinski definition) is 4. The predicted molar refractivity (Wildman–Crippen MR) is 82.5 cm³/mol. The van der Waals surface area contributed by atoms with E-state index in [2.05, 4.69) is 5.32 Å². The number of hydrogen-bond donors (Lipinski definition) is 2. The third-order valence-electron chi connectivity index (χ3n) is 3.34. The zero-order valence-electron chi connectivity index (χ0n) is 12.4. The number of benzene rings is 2. The fourth-order valence-electron chi connectivity index (χ4n) is 2.10. The summed E-state index contributed by atoms with van der Waals surface area (Å²) in [7, 11) is 3.30. The highest BCUT2D eigenvalue weighted by molar-refractivity contribution is 5.40. The molecule has 0 aliphatic rings. The van der Waals surface area contributed by atoms with Crippen LogP contribution in [0, 0.1) is 0 Å². The van der Waals surface area contributed by atoms with Gasteiger partial charge in [-0.3, -0.25) is 0 Å². The fraction of sp³-hybridized carbons (Fsp3) is 0.294. The van der Waals surface area contributed by atoms with E-state index in [9.17, 15) is 0 Å². The average molecular weight is 287 g/mol. The molecule has 0 bridgehead atoms. The van der Waals surface area contributed by atoms with Crippen LogP contribution in [0.5, 0.6) is 11.5 Å². The quantitative estimate of drug-likeness (QED) is 0.821. The first-order valence-electron chi connectivity index (χ1n) is 6.87.